The van der Waals surface area contributed by atoms with Crippen LogP contribution in [0.2, 0.25) is 0 Å². The van der Waals surface area contributed by atoms with E-state index in [4.69, 9.17) is 14.6 Å². The Kier molecular flexibility index (Phi) is 3.65. The average molecular weight is 263 g/mol. The first-order chi connectivity index (χ1) is 9.10. The van der Waals surface area contributed by atoms with Crippen LogP contribution in [0.15, 0.2) is 24.4 Å². The van der Waals surface area contributed by atoms with Crippen LogP contribution in [0.3, 0.4) is 0 Å². The largest absolute Gasteiger partial charge is 0.493 e. The van der Waals surface area contributed by atoms with E-state index in [1.807, 2.05) is 0 Å². The molecule has 0 aliphatic carbocycles. The van der Waals surface area contributed by atoms with Gasteiger partial charge in [-0.1, -0.05) is 5.21 Å². The quantitative estimate of drug-likeness (QED) is 0.869. The van der Waals surface area contributed by atoms with Crippen molar-refractivity contribution in [3.8, 4) is 11.5 Å². The molecule has 0 aliphatic heterocycles. The summed E-state index contributed by atoms with van der Waals surface area (Å²) in [6.45, 7) is 0.233. The Morgan fingerprint density at radius 2 is 2.21 bits per heavy atom. The third-order valence-electron chi connectivity index (χ3n) is 2.44. The number of aryl methyl sites for hydroxylation is 1. The van der Waals surface area contributed by atoms with Gasteiger partial charge in [0.2, 0.25) is 0 Å². The molecular weight excluding hydrogens is 250 g/mol. The zero-order valence-electron chi connectivity index (χ0n) is 10.5. The summed E-state index contributed by atoms with van der Waals surface area (Å²) in [4.78, 5) is 10.8. The van der Waals surface area contributed by atoms with E-state index in [1.54, 1.807) is 24.0 Å². The number of rotatable bonds is 5. The van der Waals surface area contributed by atoms with E-state index < -0.39 is 5.97 Å². The number of hydrogen-bond donors (Lipinski definition) is 1. The molecule has 1 aromatic carbocycles. The van der Waals surface area contributed by atoms with Crippen LogP contribution < -0.4 is 9.47 Å². The maximum Gasteiger partial charge on any atom is 0.335 e. The second-order valence-corrected chi connectivity index (χ2v) is 3.84. The Balaban J connectivity index is 2.13. The Labute approximate surface area is 109 Å². The zero-order chi connectivity index (χ0) is 13.8. The first-order valence-corrected chi connectivity index (χ1v) is 5.49. The molecular formula is C12H13N3O4. The highest BCUT2D eigenvalue weighted by Gasteiger charge is 2.10. The number of aromatic carboxylic acids is 1. The summed E-state index contributed by atoms with van der Waals surface area (Å²) in [5.41, 5.74) is 0.815. The van der Waals surface area contributed by atoms with Crippen molar-refractivity contribution < 1.29 is 19.4 Å². The number of ether oxygens (including phenoxy) is 2. The first-order valence-electron chi connectivity index (χ1n) is 5.49. The van der Waals surface area contributed by atoms with Crippen LogP contribution in [-0.4, -0.2) is 33.2 Å². The molecule has 7 heteroatoms. The lowest BCUT2D eigenvalue weighted by Gasteiger charge is -2.10. The van der Waals surface area contributed by atoms with Crippen LogP contribution in [-0.2, 0) is 13.7 Å². The van der Waals surface area contributed by atoms with Gasteiger partial charge in [0.25, 0.3) is 0 Å². The Bertz CT molecular complexity index is 594. The van der Waals surface area contributed by atoms with Crippen LogP contribution in [0.5, 0.6) is 11.5 Å². The van der Waals surface area contributed by atoms with Crippen LogP contribution in [0.25, 0.3) is 0 Å². The molecule has 0 radical (unpaired) electrons. The fourth-order valence-corrected chi connectivity index (χ4v) is 1.53. The number of carboxylic acid groups (broad SMARTS) is 1. The summed E-state index contributed by atoms with van der Waals surface area (Å²) in [5, 5.41) is 16.6. The molecule has 2 rings (SSSR count). The molecule has 0 unspecified atom stereocenters. The maximum absolute atomic E-state index is 10.8. The highest BCUT2D eigenvalue weighted by molar-refractivity contribution is 5.88. The number of carbonyl (C=O) groups is 1. The second-order valence-electron chi connectivity index (χ2n) is 3.84. The van der Waals surface area contributed by atoms with Crippen LogP contribution in [0.1, 0.15) is 16.1 Å². The maximum atomic E-state index is 10.8. The van der Waals surface area contributed by atoms with E-state index in [1.165, 1.54) is 19.2 Å². The molecule has 1 aromatic heterocycles. The molecule has 19 heavy (non-hydrogen) atoms. The molecule has 0 fully saturated rings. The van der Waals surface area contributed by atoms with Crippen LogP contribution in [0, 0.1) is 0 Å². The van der Waals surface area contributed by atoms with Crippen molar-refractivity contribution >= 4 is 5.97 Å². The molecule has 0 amide bonds. The molecule has 0 bridgehead atoms. The lowest BCUT2D eigenvalue weighted by atomic mass is 10.2. The molecule has 0 saturated carbocycles. The van der Waals surface area contributed by atoms with Crippen molar-refractivity contribution in [3.05, 3.63) is 35.7 Å². The lowest BCUT2D eigenvalue weighted by molar-refractivity contribution is 0.0696. The minimum Gasteiger partial charge on any atom is -0.493 e. The molecule has 0 saturated heterocycles. The molecule has 1 heterocycles. The summed E-state index contributed by atoms with van der Waals surface area (Å²) in [6, 6.07) is 4.42. The second kappa shape index (κ2) is 5.38. The van der Waals surface area contributed by atoms with E-state index in [9.17, 15) is 4.79 Å². The van der Waals surface area contributed by atoms with Gasteiger partial charge in [0.1, 0.15) is 12.3 Å². The summed E-state index contributed by atoms with van der Waals surface area (Å²) in [6.07, 6.45) is 1.73. The standard InChI is InChI=1S/C12H13N3O4/c1-15-6-9(13-14-15)7-19-10-4-3-8(12(16)17)5-11(10)18-2/h3-6H,7H2,1-2H3,(H,16,17). The van der Waals surface area contributed by atoms with Gasteiger partial charge >= 0.3 is 5.97 Å². The lowest BCUT2D eigenvalue weighted by Crippen LogP contribution is -2.01. The average Bonchev–Trinajstić information content (AvgIpc) is 2.81. The van der Waals surface area contributed by atoms with Gasteiger partial charge in [-0.2, -0.15) is 0 Å². The Hall–Kier alpha value is -2.57. The van der Waals surface area contributed by atoms with Crippen LogP contribution in [0.4, 0.5) is 0 Å². The van der Waals surface area contributed by atoms with E-state index in [0.29, 0.717) is 17.2 Å². The molecule has 100 valence electrons. The van der Waals surface area contributed by atoms with Crippen molar-refractivity contribution in [3.63, 3.8) is 0 Å². The number of methoxy groups -OCH3 is 1. The highest BCUT2D eigenvalue weighted by Crippen LogP contribution is 2.28. The normalized spacial score (nSPS) is 10.2. The van der Waals surface area contributed by atoms with Gasteiger partial charge in [0, 0.05) is 7.05 Å². The molecule has 0 spiro atoms. The number of hydrogen-bond acceptors (Lipinski definition) is 5. The minimum atomic E-state index is -1.02. The molecule has 2 aromatic rings. The van der Waals surface area contributed by atoms with Gasteiger partial charge in [0.15, 0.2) is 11.5 Å². The third-order valence-corrected chi connectivity index (χ3v) is 2.44. The van der Waals surface area contributed by atoms with E-state index in [0.717, 1.165) is 0 Å². The van der Waals surface area contributed by atoms with Crippen molar-refractivity contribution in [2.75, 3.05) is 7.11 Å². The van der Waals surface area contributed by atoms with Gasteiger partial charge in [-0.15, -0.1) is 5.10 Å². The third kappa shape index (κ3) is 3.01. The number of benzene rings is 1. The monoisotopic (exact) mass is 263 g/mol. The van der Waals surface area contributed by atoms with Gasteiger partial charge in [-0.3, -0.25) is 4.68 Å². The predicted octanol–water partition coefficient (Wildman–Crippen LogP) is 1.10. The summed E-state index contributed by atoms with van der Waals surface area (Å²) < 4.78 is 12.2. The summed E-state index contributed by atoms with van der Waals surface area (Å²) >= 11 is 0. The van der Waals surface area contributed by atoms with Crippen LogP contribution >= 0.6 is 0 Å². The van der Waals surface area contributed by atoms with Gasteiger partial charge in [-0.25, -0.2) is 4.79 Å². The van der Waals surface area contributed by atoms with Gasteiger partial charge in [0.05, 0.1) is 18.9 Å². The number of aromatic nitrogens is 3. The molecule has 1 N–H and O–H groups in total. The minimum absolute atomic E-state index is 0.142. The molecule has 7 nitrogen and oxygen atoms in total. The number of carboxylic acids is 1. The van der Waals surface area contributed by atoms with Crippen molar-refractivity contribution in [2.45, 2.75) is 6.61 Å². The first kappa shape index (κ1) is 12.9. The predicted molar refractivity (Wildman–Crippen MR) is 65.3 cm³/mol. The Morgan fingerprint density at radius 3 is 2.79 bits per heavy atom. The summed E-state index contributed by atoms with van der Waals surface area (Å²) in [5.74, 6) is -0.194. The topological polar surface area (TPSA) is 86.5 Å². The SMILES string of the molecule is COc1cc(C(=O)O)ccc1OCc1cn(C)nn1. The van der Waals surface area contributed by atoms with E-state index in [2.05, 4.69) is 10.3 Å². The highest BCUT2D eigenvalue weighted by atomic mass is 16.5. The molecule has 0 aliphatic rings. The van der Waals surface area contributed by atoms with Gasteiger partial charge < -0.3 is 14.6 Å². The number of nitrogens with zero attached hydrogens (tertiary/aromatic N) is 3. The van der Waals surface area contributed by atoms with Gasteiger partial charge in [-0.05, 0) is 18.2 Å². The smallest absolute Gasteiger partial charge is 0.335 e. The Morgan fingerprint density at radius 1 is 1.42 bits per heavy atom. The fraction of sp³-hybridized carbons (Fsp3) is 0.250. The van der Waals surface area contributed by atoms with Crippen molar-refractivity contribution in [2.24, 2.45) is 7.05 Å². The van der Waals surface area contributed by atoms with Crippen molar-refractivity contribution in [1.29, 1.82) is 0 Å². The summed E-state index contributed by atoms with van der Waals surface area (Å²) in [7, 11) is 3.22. The van der Waals surface area contributed by atoms with E-state index >= 15 is 0 Å². The van der Waals surface area contributed by atoms with E-state index in [-0.39, 0.29) is 12.2 Å². The molecule has 0 atom stereocenters. The fourth-order valence-electron chi connectivity index (χ4n) is 1.53. The zero-order valence-corrected chi connectivity index (χ0v) is 10.5. The van der Waals surface area contributed by atoms with Crippen molar-refractivity contribution in [1.82, 2.24) is 15.0 Å².